The van der Waals surface area contributed by atoms with Gasteiger partial charge in [-0.2, -0.15) is 0 Å². The van der Waals surface area contributed by atoms with Crippen molar-refractivity contribution in [2.24, 2.45) is 0 Å². The van der Waals surface area contributed by atoms with Crippen molar-refractivity contribution in [3.05, 3.63) is 30.7 Å². The van der Waals surface area contributed by atoms with Gasteiger partial charge in [0.15, 0.2) is 6.61 Å². The summed E-state index contributed by atoms with van der Waals surface area (Å²) in [5.41, 5.74) is 0.764. The van der Waals surface area contributed by atoms with Crippen molar-refractivity contribution in [2.45, 2.75) is 12.8 Å². The SMILES string of the molecule is O=C(COc1ccc(-c2nnco2)cc1)NCC(=O)N1CCCC1. The van der Waals surface area contributed by atoms with Gasteiger partial charge in [-0.15, -0.1) is 10.2 Å². The molecule has 2 amide bonds. The highest BCUT2D eigenvalue weighted by molar-refractivity contribution is 5.85. The normalized spacial score (nSPS) is 13.8. The highest BCUT2D eigenvalue weighted by Crippen LogP contribution is 2.20. The van der Waals surface area contributed by atoms with Crippen molar-refractivity contribution in [1.29, 1.82) is 0 Å². The summed E-state index contributed by atoms with van der Waals surface area (Å²) in [6.07, 6.45) is 3.32. The van der Waals surface area contributed by atoms with Crippen LogP contribution < -0.4 is 10.1 Å². The molecule has 0 unspecified atom stereocenters. The summed E-state index contributed by atoms with van der Waals surface area (Å²) in [5, 5.41) is 9.99. The molecule has 2 heterocycles. The summed E-state index contributed by atoms with van der Waals surface area (Å²) in [7, 11) is 0. The lowest BCUT2D eigenvalue weighted by molar-refractivity contribution is -0.132. The number of hydrogen-bond donors (Lipinski definition) is 1. The molecule has 24 heavy (non-hydrogen) atoms. The van der Waals surface area contributed by atoms with Crippen LogP contribution in [0.15, 0.2) is 35.1 Å². The zero-order valence-electron chi connectivity index (χ0n) is 13.1. The van der Waals surface area contributed by atoms with Crippen LogP contribution >= 0.6 is 0 Å². The van der Waals surface area contributed by atoms with E-state index in [1.807, 2.05) is 0 Å². The van der Waals surface area contributed by atoms with E-state index in [1.165, 1.54) is 6.39 Å². The molecule has 0 bridgehead atoms. The Balaban J connectivity index is 1.41. The van der Waals surface area contributed by atoms with Crippen LogP contribution in [0.5, 0.6) is 5.75 Å². The van der Waals surface area contributed by atoms with Gasteiger partial charge in [-0.25, -0.2) is 0 Å². The number of carbonyl (C=O) groups is 2. The number of carbonyl (C=O) groups excluding carboxylic acids is 2. The second-order valence-corrected chi connectivity index (χ2v) is 5.42. The third kappa shape index (κ3) is 4.09. The lowest BCUT2D eigenvalue weighted by Crippen LogP contribution is -2.40. The van der Waals surface area contributed by atoms with E-state index in [9.17, 15) is 9.59 Å². The van der Waals surface area contributed by atoms with Crippen molar-refractivity contribution in [1.82, 2.24) is 20.4 Å². The van der Waals surface area contributed by atoms with E-state index in [0.717, 1.165) is 31.5 Å². The second-order valence-electron chi connectivity index (χ2n) is 5.42. The number of amides is 2. The summed E-state index contributed by atoms with van der Waals surface area (Å²) >= 11 is 0. The summed E-state index contributed by atoms with van der Waals surface area (Å²) in [6.45, 7) is 1.42. The minimum absolute atomic E-state index is 0.0122. The minimum Gasteiger partial charge on any atom is -0.484 e. The van der Waals surface area contributed by atoms with Gasteiger partial charge < -0.3 is 19.4 Å². The molecule has 1 N–H and O–H groups in total. The molecular weight excluding hydrogens is 312 g/mol. The van der Waals surface area contributed by atoms with Crippen molar-refractivity contribution >= 4 is 11.8 Å². The smallest absolute Gasteiger partial charge is 0.258 e. The number of rotatable bonds is 6. The maximum absolute atomic E-state index is 11.8. The molecule has 0 atom stereocenters. The number of likely N-dealkylation sites (tertiary alicyclic amines) is 1. The van der Waals surface area contributed by atoms with E-state index in [4.69, 9.17) is 9.15 Å². The molecule has 1 aliphatic heterocycles. The van der Waals surface area contributed by atoms with Crippen LogP contribution in [0, 0.1) is 0 Å². The summed E-state index contributed by atoms with van der Waals surface area (Å²) in [5.74, 6) is 0.576. The Morgan fingerprint density at radius 2 is 1.96 bits per heavy atom. The first-order chi connectivity index (χ1) is 11.7. The maximum atomic E-state index is 11.8. The van der Waals surface area contributed by atoms with Crippen LogP contribution in [0.3, 0.4) is 0 Å². The van der Waals surface area contributed by atoms with Crippen molar-refractivity contribution < 1.29 is 18.7 Å². The van der Waals surface area contributed by atoms with E-state index in [2.05, 4.69) is 15.5 Å². The Kier molecular flexibility index (Phi) is 5.05. The molecule has 3 rings (SSSR count). The first kappa shape index (κ1) is 16.0. The molecule has 1 saturated heterocycles. The highest BCUT2D eigenvalue weighted by Gasteiger charge is 2.18. The van der Waals surface area contributed by atoms with Crippen LogP contribution in [-0.4, -0.2) is 53.2 Å². The van der Waals surface area contributed by atoms with Gasteiger partial charge in [0.05, 0.1) is 6.54 Å². The van der Waals surface area contributed by atoms with Crippen LogP contribution in [-0.2, 0) is 9.59 Å². The number of aromatic nitrogens is 2. The lowest BCUT2D eigenvalue weighted by atomic mass is 10.2. The predicted molar refractivity (Wildman–Crippen MR) is 84.1 cm³/mol. The summed E-state index contributed by atoms with van der Waals surface area (Å²) in [4.78, 5) is 25.3. The zero-order valence-corrected chi connectivity index (χ0v) is 13.1. The summed E-state index contributed by atoms with van der Waals surface area (Å²) in [6, 6.07) is 6.94. The fourth-order valence-corrected chi connectivity index (χ4v) is 2.45. The van der Waals surface area contributed by atoms with Gasteiger partial charge >= 0.3 is 0 Å². The molecule has 0 spiro atoms. The lowest BCUT2D eigenvalue weighted by Gasteiger charge is -2.15. The molecule has 1 aromatic heterocycles. The number of benzene rings is 1. The largest absolute Gasteiger partial charge is 0.484 e. The molecule has 1 aromatic carbocycles. The molecule has 126 valence electrons. The van der Waals surface area contributed by atoms with Gasteiger partial charge in [0.25, 0.3) is 5.91 Å². The van der Waals surface area contributed by atoms with Gasteiger partial charge in [0, 0.05) is 18.7 Å². The van der Waals surface area contributed by atoms with E-state index < -0.39 is 0 Å². The molecule has 0 radical (unpaired) electrons. The second kappa shape index (κ2) is 7.58. The standard InChI is InChI=1S/C16H18N4O4/c21-14(17-9-15(22)20-7-1-2-8-20)10-23-13-5-3-12(4-6-13)16-19-18-11-24-16/h3-6,11H,1-2,7-10H2,(H,17,21). The third-order valence-electron chi connectivity index (χ3n) is 3.73. The fourth-order valence-electron chi connectivity index (χ4n) is 2.45. The molecule has 8 nitrogen and oxygen atoms in total. The Morgan fingerprint density at radius 1 is 1.21 bits per heavy atom. The van der Waals surface area contributed by atoms with E-state index in [0.29, 0.717) is 11.6 Å². The van der Waals surface area contributed by atoms with E-state index >= 15 is 0 Å². The molecular formula is C16H18N4O4. The Bertz CT molecular complexity index is 679. The van der Waals surface area contributed by atoms with E-state index in [1.54, 1.807) is 29.2 Å². The first-order valence-electron chi connectivity index (χ1n) is 7.76. The monoisotopic (exact) mass is 330 g/mol. The Hall–Kier alpha value is -2.90. The first-order valence-corrected chi connectivity index (χ1v) is 7.76. The topological polar surface area (TPSA) is 97.6 Å². The average molecular weight is 330 g/mol. The zero-order chi connectivity index (χ0) is 16.8. The van der Waals surface area contributed by atoms with Crippen LogP contribution in [0.25, 0.3) is 11.5 Å². The summed E-state index contributed by atoms with van der Waals surface area (Å²) < 4.78 is 10.5. The van der Waals surface area contributed by atoms with Crippen LogP contribution in [0.2, 0.25) is 0 Å². The van der Waals surface area contributed by atoms with Gasteiger partial charge in [-0.05, 0) is 37.1 Å². The molecule has 1 aliphatic rings. The van der Waals surface area contributed by atoms with Crippen LogP contribution in [0.1, 0.15) is 12.8 Å². The van der Waals surface area contributed by atoms with Crippen molar-refractivity contribution in [3.63, 3.8) is 0 Å². The fraction of sp³-hybridized carbons (Fsp3) is 0.375. The quantitative estimate of drug-likeness (QED) is 0.843. The number of hydrogen-bond acceptors (Lipinski definition) is 6. The predicted octanol–water partition coefficient (Wildman–Crippen LogP) is 0.854. The van der Waals surface area contributed by atoms with Crippen LogP contribution in [0.4, 0.5) is 0 Å². The van der Waals surface area contributed by atoms with Gasteiger partial charge in [-0.1, -0.05) is 0 Å². The maximum Gasteiger partial charge on any atom is 0.258 e. The third-order valence-corrected chi connectivity index (χ3v) is 3.73. The van der Waals surface area contributed by atoms with E-state index in [-0.39, 0.29) is 25.0 Å². The molecule has 0 saturated carbocycles. The Morgan fingerprint density at radius 3 is 2.62 bits per heavy atom. The van der Waals surface area contributed by atoms with Crippen molar-refractivity contribution in [2.75, 3.05) is 26.2 Å². The molecule has 8 heteroatoms. The minimum atomic E-state index is -0.330. The number of nitrogens with zero attached hydrogens (tertiary/aromatic N) is 3. The van der Waals surface area contributed by atoms with Gasteiger partial charge in [0.1, 0.15) is 5.75 Å². The highest BCUT2D eigenvalue weighted by atomic mass is 16.5. The Labute approximate surface area is 138 Å². The van der Waals surface area contributed by atoms with Gasteiger partial charge in [-0.3, -0.25) is 9.59 Å². The average Bonchev–Trinajstić information content (AvgIpc) is 3.31. The number of ether oxygens (including phenoxy) is 1. The number of nitrogens with one attached hydrogen (secondary N) is 1. The molecule has 1 fully saturated rings. The van der Waals surface area contributed by atoms with Gasteiger partial charge in [0.2, 0.25) is 18.2 Å². The molecule has 2 aromatic rings. The van der Waals surface area contributed by atoms with Crippen molar-refractivity contribution in [3.8, 4) is 17.2 Å². The molecule has 0 aliphatic carbocycles.